The third-order valence-electron chi connectivity index (χ3n) is 3.96. The van der Waals surface area contributed by atoms with Crippen molar-refractivity contribution in [2.24, 2.45) is 0 Å². The zero-order valence-electron chi connectivity index (χ0n) is 11.2. The number of aromatic nitrogens is 5. The summed E-state index contributed by atoms with van der Waals surface area (Å²) in [6.45, 7) is 2.12. The summed E-state index contributed by atoms with van der Waals surface area (Å²) >= 11 is 0. The minimum absolute atomic E-state index is 0.721. The first-order valence-corrected chi connectivity index (χ1v) is 7.15. The van der Waals surface area contributed by atoms with Crippen LogP contribution in [0, 0.1) is 0 Å². The predicted molar refractivity (Wildman–Crippen MR) is 76.8 cm³/mol. The monoisotopic (exact) mass is 268 g/mol. The fourth-order valence-electron chi connectivity index (χ4n) is 2.94. The first kappa shape index (κ1) is 11.6. The van der Waals surface area contributed by atoms with Crippen LogP contribution in [0.3, 0.4) is 0 Å². The normalized spacial score (nSPS) is 16.7. The lowest BCUT2D eigenvalue weighted by molar-refractivity contribution is 0.708. The van der Waals surface area contributed by atoms with Gasteiger partial charge in [0.05, 0.1) is 0 Å². The first-order valence-electron chi connectivity index (χ1n) is 7.15. The van der Waals surface area contributed by atoms with Crippen LogP contribution in [0.5, 0.6) is 0 Å². The molecule has 0 atom stereocenters. The van der Waals surface area contributed by atoms with Gasteiger partial charge in [-0.25, -0.2) is 0 Å². The number of benzene rings is 1. The number of tetrazole rings is 1. The summed E-state index contributed by atoms with van der Waals surface area (Å²) in [5, 5.41) is 18.6. The summed E-state index contributed by atoms with van der Waals surface area (Å²) in [5.74, 6) is 1.00. The van der Waals surface area contributed by atoms with E-state index in [1.807, 2.05) is 12.1 Å². The lowest BCUT2D eigenvalue weighted by Gasteiger charge is -2.22. The number of fused-ring (bicyclic) bond motifs is 3. The zero-order chi connectivity index (χ0) is 13.4. The summed E-state index contributed by atoms with van der Waals surface area (Å²) in [7, 11) is 0. The summed E-state index contributed by atoms with van der Waals surface area (Å²) in [4.78, 5) is 2.37. The van der Waals surface area contributed by atoms with Crippen LogP contribution >= 0.6 is 0 Å². The van der Waals surface area contributed by atoms with Crippen LogP contribution in [0.1, 0.15) is 25.7 Å². The fourth-order valence-corrected chi connectivity index (χ4v) is 2.94. The molecule has 6 nitrogen and oxygen atoms in total. The van der Waals surface area contributed by atoms with Gasteiger partial charge >= 0.3 is 0 Å². The van der Waals surface area contributed by atoms with Gasteiger partial charge in [-0.15, -0.1) is 14.8 Å². The second kappa shape index (κ2) is 4.70. The molecule has 0 radical (unpaired) electrons. The second-order valence-electron chi connectivity index (χ2n) is 5.26. The second-order valence-corrected chi connectivity index (χ2v) is 5.26. The third-order valence-corrected chi connectivity index (χ3v) is 3.96. The molecule has 2 aromatic heterocycles. The Labute approximate surface area is 116 Å². The van der Waals surface area contributed by atoms with Crippen molar-refractivity contribution in [2.45, 2.75) is 25.7 Å². The van der Waals surface area contributed by atoms with Crippen LogP contribution in [0.15, 0.2) is 24.3 Å². The maximum Gasteiger partial charge on any atom is 0.207 e. The van der Waals surface area contributed by atoms with E-state index in [0.717, 1.165) is 35.3 Å². The highest BCUT2D eigenvalue weighted by Gasteiger charge is 2.17. The first-order chi connectivity index (χ1) is 9.93. The van der Waals surface area contributed by atoms with Gasteiger partial charge in [-0.3, -0.25) is 0 Å². The number of hydrogen-bond acceptors (Lipinski definition) is 5. The SMILES string of the molecule is c1ccc2c(c1)c(N1CCCCCC1)nn1nnnc21. The quantitative estimate of drug-likeness (QED) is 0.676. The van der Waals surface area contributed by atoms with E-state index in [9.17, 15) is 0 Å². The smallest absolute Gasteiger partial charge is 0.207 e. The molecule has 0 saturated carbocycles. The highest BCUT2D eigenvalue weighted by molar-refractivity contribution is 5.99. The van der Waals surface area contributed by atoms with Crippen LogP contribution in [0.2, 0.25) is 0 Å². The van der Waals surface area contributed by atoms with Gasteiger partial charge in [-0.1, -0.05) is 37.1 Å². The Morgan fingerprint density at radius 2 is 1.65 bits per heavy atom. The number of hydrogen-bond donors (Lipinski definition) is 0. The number of nitrogens with zero attached hydrogens (tertiary/aromatic N) is 6. The molecule has 102 valence electrons. The van der Waals surface area contributed by atoms with Gasteiger partial charge in [0.1, 0.15) is 0 Å². The molecule has 0 bridgehead atoms. The molecule has 1 aromatic carbocycles. The molecule has 6 heteroatoms. The zero-order valence-corrected chi connectivity index (χ0v) is 11.2. The Morgan fingerprint density at radius 3 is 2.45 bits per heavy atom. The number of rotatable bonds is 1. The van der Waals surface area contributed by atoms with Crippen molar-refractivity contribution >= 4 is 22.2 Å². The minimum atomic E-state index is 0.721. The van der Waals surface area contributed by atoms with Gasteiger partial charge in [0.25, 0.3) is 0 Å². The molecule has 0 amide bonds. The Balaban J connectivity index is 1.95. The molecule has 3 heterocycles. The Hall–Kier alpha value is -2.24. The van der Waals surface area contributed by atoms with E-state index in [0.29, 0.717) is 0 Å². The van der Waals surface area contributed by atoms with E-state index in [1.165, 1.54) is 25.7 Å². The third kappa shape index (κ3) is 1.79. The summed E-state index contributed by atoms with van der Waals surface area (Å²) in [5.41, 5.74) is 0.721. The Morgan fingerprint density at radius 1 is 0.900 bits per heavy atom. The summed E-state index contributed by atoms with van der Waals surface area (Å²) in [6.07, 6.45) is 5.07. The van der Waals surface area contributed by atoms with Crippen LogP contribution < -0.4 is 4.90 Å². The largest absolute Gasteiger partial charge is 0.355 e. The molecular formula is C14H16N6. The van der Waals surface area contributed by atoms with Gasteiger partial charge in [0.2, 0.25) is 5.65 Å². The number of anilines is 1. The van der Waals surface area contributed by atoms with Gasteiger partial charge in [0.15, 0.2) is 5.82 Å². The standard InChI is InChI=1S/C14H16N6/c1-2-6-10-19(9-5-1)14-12-8-4-3-7-11(12)13-15-17-18-20(13)16-14/h3-4,7-8H,1-2,5-6,9-10H2. The van der Waals surface area contributed by atoms with Crippen molar-refractivity contribution in [2.75, 3.05) is 18.0 Å². The highest BCUT2D eigenvalue weighted by atomic mass is 15.6. The van der Waals surface area contributed by atoms with Gasteiger partial charge in [-0.2, -0.15) is 0 Å². The average molecular weight is 268 g/mol. The molecule has 1 fully saturated rings. The average Bonchev–Trinajstić information content (AvgIpc) is 2.80. The minimum Gasteiger partial charge on any atom is -0.355 e. The molecule has 1 aliphatic rings. The molecule has 3 aromatic rings. The van der Waals surface area contributed by atoms with E-state index in [4.69, 9.17) is 0 Å². The van der Waals surface area contributed by atoms with E-state index in [2.05, 4.69) is 37.7 Å². The Kier molecular flexibility index (Phi) is 2.72. The van der Waals surface area contributed by atoms with E-state index in [-0.39, 0.29) is 0 Å². The van der Waals surface area contributed by atoms with Crippen LogP contribution in [-0.2, 0) is 0 Å². The molecule has 4 rings (SSSR count). The molecule has 1 saturated heterocycles. The molecule has 1 aliphatic heterocycles. The van der Waals surface area contributed by atoms with Crippen LogP contribution in [0.4, 0.5) is 5.82 Å². The molecule has 0 unspecified atom stereocenters. The lowest BCUT2D eigenvalue weighted by atomic mass is 10.1. The van der Waals surface area contributed by atoms with E-state index < -0.39 is 0 Å². The fraction of sp³-hybridized carbons (Fsp3) is 0.429. The maximum atomic E-state index is 4.64. The van der Waals surface area contributed by atoms with Crippen LogP contribution in [-0.4, -0.2) is 38.3 Å². The van der Waals surface area contributed by atoms with E-state index in [1.54, 1.807) is 4.63 Å². The Bertz CT molecular complexity index is 742. The lowest BCUT2D eigenvalue weighted by Crippen LogP contribution is -2.26. The van der Waals surface area contributed by atoms with E-state index >= 15 is 0 Å². The van der Waals surface area contributed by atoms with Crippen LogP contribution in [0.25, 0.3) is 16.4 Å². The molecular weight excluding hydrogens is 252 g/mol. The molecule has 0 spiro atoms. The van der Waals surface area contributed by atoms with Crippen molar-refractivity contribution < 1.29 is 0 Å². The van der Waals surface area contributed by atoms with Gasteiger partial charge in [0, 0.05) is 23.9 Å². The van der Waals surface area contributed by atoms with Gasteiger partial charge in [-0.05, 0) is 23.3 Å². The maximum absolute atomic E-state index is 4.64. The van der Waals surface area contributed by atoms with Crippen molar-refractivity contribution in [1.82, 2.24) is 25.3 Å². The van der Waals surface area contributed by atoms with Crippen molar-refractivity contribution in [3.05, 3.63) is 24.3 Å². The molecule has 20 heavy (non-hydrogen) atoms. The topological polar surface area (TPSA) is 59.2 Å². The predicted octanol–water partition coefficient (Wildman–Crippen LogP) is 2.05. The molecule has 0 N–H and O–H groups in total. The van der Waals surface area contributed by atoms with Crippen molar-refractivity contribution in [1.29, 1.82) is 0 Å². The molecule has 0 aliphatic carbocycles. The van der Waals surface area contributed by atoms with Gasteiger partial charge < -0.3 is 4.90 Å². The summed E-state index contributed by atoms with van der Waals surface area (Å²) in [6, 6.07) is 8.23. The van der Waals surface area contributed by atoms with Crippen molar-refractivity contribution in [3.63, 3.8) is 0 Å². The van der Waals surface area contributed by atoms with Crippen molar-refractivity contribution in [3.8, 4) is 0 Å². The summed E-state index contributed by atoms with van der Waals surface area (Å²) < 4.78 is 1.54. The highest BCUT2D eigenvalue weighted by Crippen LogP contribution is 2.27.